The maximum atomic E-state index is 9.48. The lowest BCUT2D eigenvalue weighted by Crippen LogP contribution is -2.23. The SMILES string of the molecule is Cc1[nH]nc2c1[C@H]([C@@H](C)c1ccccc1)C(C#N)=C(N)O2. The van der Waals surface area contributed by atoms with E-state index in [9.17, 15) is 5.26 Å². The topological polar surface area (TPSA) is 87.7 Å². The Morgan fingerprint density at radius 3 is 2.76 bits per heavy atom. The molecule has 0 amide bonds. The second-order valence-electron chi connectivity index (χ2n) is 5.24. The summed E-state index contributed by atoms with van der Waals surface area (Å²) >= 11 is 0. The Balaban J connectivity index is 2.14. The number of nitrogens with two attached hydrogens (primary N) is 1. The zero-order valence-electron chi connectivity index (χ0n) is 11.9. The Kier molecular flexibility index (Phi) is 3.15. The van der Waals surface area contributed by atoms with Gasteiger partial charge in [0.1, 0.15) is 6.07 Å². The summed E-state index contributed by atoms with van der Waals surface area (Å²) < 4.78 is 5.46. The van der Waals surface area contributed by atoms with Crippen LogP contribution < -0.4 is 10.5 Å². The maximum absolute atomic E-state index is 9.48. The van der Waals surface area contributed by atoms with E-state index in [0.717, 1.165) is 16.8 Å². The minimum absolute atomic E-state index is 0.0957. The molecule has 0 unspecified atom stereocenters. The quantitative estimate of drug-likeness (QED) is 0.885. The number of nitrogens with one attached hydrogen (secondary N) is 1. The number of nitrogens with zero attached hydrogens (tertiary/aromatic N) is 2. The molecule has 21 heavy (non-hydrogen) atoms. The molecule has 2 atom stereocenters. The number of nitriles is 1. The first-order chi connectivity index (χ1) is 10.1. The van der Waals surface area contributed by atoms with E-state index in [0.29, 0.717) is 11.5 Å². The predicted octanol–water partition coefficient (Wildman–Crippen LogP) is 2.69. The second-order valence-corrected chi connectivity index (χ2v) is 5.24. The van der Waals surface area contributed by atoms with E-state index >= 15 is 0 Å². The van der Waals surface area contributed by atoms with E-state index in [1.54, 1.807) is 0 Å². The normalized spacial score (nSPS) is 18.6. The van der Waals surface area contributed by atoms with E-state index < -0.39 is 0 Å². The maximum Gasteiger partial charge on any atom is 0.243 e. The van der Waals surface area contributed by atoms with Crippen LogP contribution in [-0.4, -0.2) is 10.2 Å². The number of aryl methyl sites for hydroxylation is 1. The number of rotatable bonds is 2. The molecule has 2 aromatic rings. The Morgan fingerprint density at radius 2 is 2.10 bits per heavy atom. The number of ether oxygens (including phenoxy) is 1. The van der Waals surface area contributed by atoms with Crippen molar-refractivity contribution in [2.75, 3.05) is 0 Å². The van der Waals surface area contributed by atoms with Gasteiger partial charge in [0.05, 0.1) is 5.57 Å². The third-order valence-electron chi connectivity index (χ3n) is 4.00. The van der Waals surface area contributed by atoms with Crippen LogP contribution in [0.3, 0.4) is 0 Å². The largest absolute Gasteiger partial charge is 0.420 e. The van der Waals surface area contributed by atoms with Gasteiger partial charge in [-0.1, -0.05) is 37.3 Å². The number of aromatic nitrogens is 2. The summed E-state index contributed by atoms with van der Waals surface area (Å²) in [6, 6.07) is 12.3. The molecule has 0 radical (unpaired) electrons. The lowest BCUT2D eigenvalue weighted by atomic mass is 9.77. The Labute approximate surface area is 123 Å². The molecule has 1 aliphatic heterocycles. The van der Waals surface area contributed by atoms with Crippen molar-refractivity contribution in [1.82, 2.24) is 10.2 Å². The average molecular weight is 280 g/mol. The Morgan fingerprint density at radius 1 is 1.38 bits per heavy atom. The molecule has 0 aliphatic carbocycles. The van der Waals surface area contributed by atoms with Crippen molar-refractivity contribution in [3.63, 3.8) is 0 Å². The second kappa shape index (κ2) is 4.98. The molecule has 5 heteroatoms. The molecule has 3 rings (SSSR count). The van der Waals surface area contributed by atoms with E-state index in [1.807, 2.05) is 25.1 Å². The van der Waals surface area contributed by atoms with Crippen LogP contribution in [0.4, 0.5) is 0 Å². The molecule has 0 saturated heterocycles. The highest BCUT2D eigenvalue weighted by atomic mass is 16.5. The number of allylic oxidation sites excluding steroid dienone is 1. The zero-order chi connectivity index (χ0) is 15.0. The summed E-state index contributed by atoms with van der Waals surface area (Å²) in [5.41, 5.74) is 9.33. The fourth-order valence-electron chi connectivity index (χ4n) is 2.89. The van der Waals surface area contributed by atoms with Crippen molar-refractivity contribution in [3.8, 4) is 11.9 Å². The summed E-state index contributed by atoms with van der Waals surface area (Å²) in [4.78, 5) is 0. The van der Waals surface area contributed by atoms with Gasteiger partial charge in [-0.25, -0.2) is 0 Å². The molecule has 1 aromatic carbocycles. The summed E-state index contributed by atoms with van der Waals surface area (Å²) in [6.07, 6.45) is 0. The van der Waals surface area contributed by atoms with Crippen molar-refractivity contribution in [1.29, 1.82) is 5.26 Å². The van der Waals surface area contributed by atoms with Crippen LogP contribution in [0.15, 0.2) is 41.8 Å². The lowest BCUT2D eigenvalue weighted by molar-refractivity contribution is 0.368. The Bertz CT molecular complexity index is 739. The average Bonchev–Trinajstić information content (AvgIpc) is 2.87. The van der Waals surface area contributed by atoms with E-state index in [-0.39, 0.29) is 17.7 Å². The number of hydrogen-bond acceptors (Lipinski definition) is 4. The first-order valence-corrected chi connectivity index (χ1v) is 6.81. The third kappa shape index (κ3) is 2.05. The highest BCUT2D eigenvalue weighted by Crippen LogP contribution is 2.46. The first kappa shape index (κ1) is 13.3. The number of hydrogen-bond donors (Lipinski definition) is 2. The molecule has 1 aliphatic rings. The standard InChI is InChI=1S/C16H16N4O/c1-9(11-6-4-3-5-7-11)13-12(8-17)15(18)21-16-14(13)10(2)19-20-16/h3-7,9,13H,18H2,1-2H3,(H,19,20)/t9-,13+/m0/s1. The number of H-pyrrole nitrogens is 1. The molecule has 5 nitrogen and oxygen atoms in total. The summed E-state index contributed by atoms with van der Waals surface area (Å²) in [5.74, 6) is 0.555. The van der Waals surface area contributed by atoms with Gasteiger partial charge in [-0.3, -0.25) is 5.10 Å². The molecule has 1 aromatic heterocycles. The summed E-state index contributed by atoms with van der Waals surface area (Å²) in [7, 11) is 0. The first-order valence-electron chi connectivity index (χ1n) is 6.81. The van der Waals surface area contributed by atoms with Gasteiger partial charge in [-0.15, -0.1) is 5.10 Å². The minimum Gasteiger partial charge on any atom is -0.420 e. The molecule has 2 heterocycles. The van der Waals surface area contributed by atoms with Crippen LogP contribution in [0.5, 0.6) is 5.88 Å². The molecule has 0 saturated carbocycles. The van der Waals surface area contributed by atoms with Gasteiger partial charge >= 0.3 is 0 Å². The van der Waals surface area contributed by atoms with Gasteiger partial charge in [-0.05, 0) is 18.4 Å². The Hall–Kier alpha value is -2.74. The van der Waals surface area contributed by atoms with Gasteiger partial charge in [0, 0.05) is 17.2 Å². The smallest absolute Gasteiger partial charge is 0.243 e. The van der Waals surface area contributed by atoms with Crippen molar-refractivity contribution >= 4 is 0 Å². The third-order valence-corrected chi connectivity index (χ3v) is 4.00. The van der Waals surface area contributed by atoms with E-state index in [2.05, 4.69) is 35.3 Å². The molecule has 0 bridgehead atoms. The molecule has 0 spiro atoms. The lowest BCUT2D eigenvalue weighted by Gasteiger charge is -2.28. The van der Waals surface area contributed by atoms with Crippen LogP contribution in [0.25, 0.3) is 0 Å². The van der Waals surface area contributed by atoms with Gasteiger partial charge in [-0.2, -0.15) is 5.26 Å². The number of benzene rings is 1. The van der Waals surface area contributed by atoms with E-state index in [1.165, 1.54) is 0 Å². The van der Waals surface area contributed by atoms with Gasteiger partial charge in [0.25, 0.3) is 0 Å². The molecule has 3 N–H and O–H groups in total. The van der Waals surface area contributed by atoms with Crippen molar-refractivity contribution < 1.29 is 4.74 Å². The van der Waals surface area contributed by atoms with Crippen LogP contribution in [-0.2, 0) is 0 Å². The van der Waals surface area contributed by atoms with Crippen molar-refractivity contribution in [2.24, 2.45) is 5.73 Å². The van der Waals surface area contributed by atoms with Crippen molar-refractivity contribution in [3.05, 3.63) is 58.6 Å². The molecular weight excluding hydrogens is 264 g/mol. The van der Waals surface area contributed by atoms with E-state index in [4.69, 9.17) is 10.5 Å². The number of fused-ring (bicyclic) bond motifs is 1. The molecule has 0 fully saturated rings. The van der Waals surface area contributed by atoms with Crippen LogP contribution in [0.2, 0.25) is 0 Å². The van der Waals surface area contributed by atoms with Crippen LogP contribution >= 0.6 is 0 Å². The summed E-state index contributed by atoms with van der Waals surface area (Å²) in [6.45, 7) is 4.02. The van der Waals surface area contributed by atoms with Crippen LogP contribution in [0.1, 0.15) is 35.6 Å². The molecular formula is C16H16N4O. The van der Waals surface area contributed by atoms with Gasteiger partial charge in [0.15, 0.2) is 0 Å². The fourth-order valence-corrected chi connectivity index (χ4v) is 2.89. The monoisotopic (exact) mass is 280 g/mol. The van der Waals surface area contributed by atoms with Gasteiger partial charge in [0.2, 0.25) is 11.8 Å². The predicted molar refractivity (Wildman–Crippen MR) is 78.4 cm³/mol. The summed E-state index contributed by atoms with van der Waals surface area (Å²) in [5, 5.41) is 16.5. The zero-order valence-corrected chi connectivity index (χ0v) is 11.9. The number of aromatic amines is 1. The highest BCUT2D eigenvalue weighted by Gasteiger charge is 2.36. The fraction of sp³-hybridized carbons (Fsp3) is 0.250. The van der Waals surface area contributed by atoms with Crippen molar-refractivity contribution in [2.45, 2.75) is 25.7 Å². The molecule has 106 valence electrons. The minimum atomic E-state index is -0.153. The van der Waals surface area contributed by atoms with Gasteiger partial charge < -0.3 is 10.5 Å². The van der Waals surface area contributed by atoms with Crippen LogP contribution in [0, 0.1) is 18.3 Å². The highest BCUT2D eigenvalue weighted by molar-refractivity contribution is 5.51.